The SMILES string of the molecule is C/C(=C\c1ccccc1)CN1CCCC(O)(c2cn(C(C)C)nn2)C1. The molecule has 25 heavy (non-hydrogen) atoms. The number of β-amino-alcohol motifs (C(OH)–C–C–N with tert-alkyl or cyclic N) is 1. The van der Waals surface area contributed by atoms with E-state index in [0.29, 0.717) is 12.2 Å². The van der Waals surface area contributed by atoms with Gasteiger partial charge in [0.1, 0.15) is 11.3 Å². The van der Waals surface area contributed by atoms with Gasteiger partial charge in [-0.1, -0.05) is 47.2 Å². The lowest BCUT2D eigenvalue weighted by atomic mass is 9.89. The molecule has 0 saturated carbocycles. The van der Waals surface area contributed by atoms with Crippen LogP contribution in [0.4, 0.5) is 0 Å². The van der Waals surface area contributed by atoms with Crippen molar-refractivity contribution >= 4 is 6.08 Å². The molecule has 1 aliphatic rings. The van der Waals surface area contributed by atoms with Crippen LogP contribution in [-0.4, -0.2) is 44.6 Å². The van der Waals surface area contributed by atoms with Gasteiger partial charge in [-0.2, -0.15) is 0 Å². The molecule has 1 fully saturated rings. The van der Waals surface area contributed by atoms with Crippen LogP contribution in [0, 0.1) is 0 Å². The van der Waals surface area contributed by atoms with Gasteiger partial charge in [0.15, 0.2) is 0 Å². The fraction of sp³-hybridized carbons (Fsp3) is 0.500. The molecule has 0 bridgehead atoms. The summed E-state index contributed by atoms with van der Waals surface area (Å²) in [6, 6.07) is 10.6. The molecule has 2 aromatic rings. The summed E-state index contributed by atoms with van der Waals surface area (Å²) in [7, 11) is 0. The predicted molar refractivity (Wildman–Crippen MR) is 100 cm³/mol. The Kier molecular flexibility index (Phi) is 5.35. The molecular formula is C20H28N4O. The van der Waals surface area contributed by atoms with Gasteiger partial charge in [-0.25, -0.2) is 4.68 Å². The molecule has 1 saturated heterocycles. The molecule has 5 nitrogen and oxygen atoms in total. The third kappa shape index (κ3) is 4.35. The summed E-state index contributed by atoms with van der Waals surface area (Å²) in [5.41, 5.74) is 2.29. The van der Waals surface area contributed by atoms with Crippen molar-refractivity contribution in [1.82, 2.24) is 19.9 Å². The third-order valence-corrected chi connectivity index (χ3v) is 4.75. The molecule has 1 unspecified atom stereocenters. The highest BCUT2D eigenvalue weighted by Crippen LogP contribution is 2.30. The van der Waals surface area contributed by atoms with Crippen LogP contribution in [0.1, 0.15) is 50.9 Å². The van der Waals surface area contributed by atoms with Gasteiger partial charge in [0.05, 0.1) is 6.20 Å². The van der Waals surface area contributed by atoms with E-state index in [0.717, 1.165) is 25.9 Å². The van der Waals surface area contributed by atoms with Crippen LogP contribution in [-0.2, 0) is 5.60 Å². The maximum atomic E-state index is 11.1. The summed E-state index contributed by atoms with van der Waals surface area (Å²) in [5.74, 6) is 0. The van der Waals surface area contributed by atoms with Crippen molar-refractivity contribution in [2.75, 3.05) is 19.6 Å². The number of aliphatic hydroxyl groups is 1. The Hall–Kier alpha value is -1.98. The van der Waals surface area contributed by atoms with Gasteiger partial charge in [-0.3, -0.25) is 4.90 Å². The second-order valence-electron chi connectivity index (χ2n) is 7.42. The van der Waals surface area contributed by atoms with Crippen molar-refractivity contribution < 1.29 is 5.11 Å². The number of benzene rings is 1. The van der Waals surface area contributed by atoms with Crippen molar-refractivity contribution in [3.63, 3.8) is 0 Å². The second-order valence-corrected chi connectivity index (χ2v) is 7.42. The highest BCUT2D eigenvalue weighted by Gasteiger charge is 2.37. The normalized spacial score (nSPS) is 22.5. The summed E-state index contributed by atoms with van der Waals surface area (Å²) in [4.78, 5) is 2.31. The summed E-state index contributed by atoms with van der Waals surface area (Å²) in [6.45, 7) is 8.73. The molecule has 2 heterocycles. The molecule has 5 heteroatoms. The van der Waals surface area contributed by atoms with E-state index in [4.69, 9.17) is 0 Å². The summed E-state index contributed by atoms with van der Waals surface area (Å²) < 4.78 is 1.81. The quantitative estimate of drug-likeness (QED) is 0.908. The van der Waals surface area contributed by atoms with Gasteiger partial charge in [-0.05, 0) is 45.7 Å². The van der Waals surface area contributed by atoms with Crippen molar-refractivity contribution in [3.05, 3.63) is 53.4 Å². The van der Waals surface area contributed by atoms with Crippen LogP contribution in [0.15, 0.2) is 42.1 Å². The molecule has 1 aliphatic heterocycles. The van der Waals surface area contributed by atoms with E-state index in [1.807, 2.05) is 16.9 Å². The van der Waals surface area contributed by atoms with Gasteiger partial charge in [0.2, 0.25) is 0 Å². The summed E-state index contributed by atoms with van der Waals surface area (Å²) >= 11 is 0. The van der Waals surface area contributed by atoms with Crippen LogP contribution in [0.25, 0.3) is 6.08 Å². The van der Waals surface area contributed by atoms with Crippen molar-refractivity contribution in [1.29, 1.82) is 0 Å². The molecule has 0 amide bonds. The van der Waals surface area contributed by atoms with Crippen LogP contribution in [0.3, 0.4) is 0 Å². The molecule has 1 N–H and O–H groups in total. The molecule has 1 aromatic carbocycles. The lowest BCUT2D eigenvalue weighted by molar-refractivity contribution is -0.0362. The number of likely N-dealkylation sites (tertiary alicyclic amines) is 1. The van der Waals surface area contributed by atoms with E-state index in [9.17, 15) is 5.11 Å². The van der Waals surface area contributed by atoms with E-state index in [2.05, 4.69) is 66.3 Å². The fourth-order valence-corrected chi connectivity index (χ4v) is 3.44. The minimum absolute atomic E-state index is 0.251. The molecular weight excluding hydrogens is 312 g/mol. The molecule has 1 aromatic heterocycles. The second kappa shape index (κ2) is 7.50. The minimum atomic E-state index is -0.904. The van der Waals surface area contributed by atoms with Crippen LogP contribution >= 0.6 is 0 Å². The van der Waals surface area contributed by atoms with Gasteiger partial charge in [-0.15, -0.1) is 5.10 Å². The molecule has 0 radical (unpaired) electrons. The zero-order chi connectivity index (χ0) is 17.9. The highest BCUT2D eigenvalue weighted by atomic mass is 16.3. The van der Waals surface area contributed by atoms with Crippen molar-refractivity contribution in [2.45, 2.75) is 45.3 Å². The van der Waals surface area contributed by atoms with Gasteiger partial charge < -0.3 is 5.11 Å². The molecule has 0 aliphatic carbocycles. The Morgan fingerprint density at radius 2 is 2.08 bits per heavy atom. The largest absolute Gasteiger partial charge is 0.382 e. The Bertz CT molecular complexity index is 722. The molecule has 3 rings (SSSR count). The first-order valence-electron chi connectivity index (χ1n) is 9.05. The minimum Gasteiger partial charge on any atom is -0.382 e. The van der Waals surface area contributed by atoms with Crippen LogP contribution in [0.5, 0.6) is 0 Å². The maximum absolute atomic E-state index is 11.1. The van der Waals surface area contributed by atoms with E-state index in [1.54, 1.807) is 0 Å². The van der Waals surface area contributed by atoms with E-state index in [1.165, 1.54) is 11.1 Å². The van der Waals surface area contributed by atoms with E-state index in [-0.39, 0.29) is 6.04 Å². The van der Waals surface area contributed by atoms with Gasteiger partial charge in [0.25, 0.3) is 0 Å². The Morgan fingerprint density at radius 3 is 2.76 bits per heavy atom. The first-order valence-corrected chi connectivity index (χ1v) is 9.05. The average Bonchev–Trinajstić information content (AvgIpc) is 3.07. The summed E-state index contributed by atoms with van der Waals surface area (Å²) in [6.07, 6.45) is 5.80. The lowest BCUT2D eigenvalue weighted by Gasteiger charge is -2.38. The molecule has 0 spiro atoms. The monoisotopic (exact) mass is 340 g/mol. The van der Waals surface area contributed by atoms with Crippen molar-refractivity contribution in [2.24, 2.45) is 0 Å². The number of hydrogen-bond acceptors (Lipinski definition) is 4. The number of piperidine rings is 1. The number of hydrogen-bond donors (Lipinski definition) is 1. The number of aromatic nitrogens is 3. The number of rotatable bonds is 5. The lowest BCUT2D eigenvalue weighted by Crippen LogP contribution is -2.46. The fourth-order valence-electron chi connectivity index (χ4n) is 3.44. The molecule has 1 atom stereocenters. The Morgan fingerprint density at radius 1 is 1.32 bits per heavy atom. The molecule has 134 valence electrons. The van der Waals surface area contributed by atoms with E-state index < -0.39 is 5.60 Å². The zero-order valence-corrected chi connectivity index (χ0v) is 15.4. The van der Waals surface area contributed by atoms with Crippen LogP contribution < -0.4 is 0 Å². The third-order valence-electron chi connectivity index (χ3n) is 4.75. The maximum Gasteiger partial charge on any atom is 0.123 e. The predicted octanol–water partition coefficient (Wildman–Crippen LogP) is 3.25. The van der Waals surface area contributed by atoms with Crippen LogP contribution in [0.2, 0.25) is 0 Å². The van der Waals surface area contributed by atoms with Gasteiger partial charge >= 0.3 is 0 Å². The Labute approximate surface area is 150 Å². The summed E-state index contributed by atoms with van der Waals surface area (Å²) in [5, 5.41) is 19.5. The number of nitrogens with zero attached hydrogens (tertiary/aromatic N) is 4. The Balaban J connectivity index is 1.68. The topological polar surface area (TPSA) is 54.2 Å². The smallest absolute Gasteiger partial charge is 0.123 e. The standard InChI is InChI=1S/C20H28N4O/c1-16(2)24-14-19(21-22-24)20(25)10-7-11-23(15-20)13-17(3)12-18-8-5-4-6-9-18/h4-6,8-9,12,14,16,25H,7,10-11,13,15H2,1-3H3/b17-12+. The zero-order valence-electron chi connectivity index (χ0n) is 15.4. The average molecular weight is 340 g/mol. The van der Waals surface area contributed by atoms with Gasteiger partial charge in [0, 0.05) is 19.1 Å². The van der Waals surface area contributed by atoms with Crippen molar-refractivity contribution in [3.8, 4) is 0 Å². The van der Waals surface area contributed by atoms with E-state index >= 15 is 0 Å². The highest BCUT2D eigenvalue weighted by molar-refractivity contribution is 5.52. The first-order chi connectivity index (χ1) is 12.0. The first kappa shape index (κ1) is 17.8.